The van der Waals surface area contributed by atoms with Crippen LogP contribution in [0, 0.1) is 0 Å². The van der Waals surface area contributed by atoms with E-state index >= 15 is 0 Å². The Bertz CT molecular complexity index is 994. The molecule has 27 heavy (non-hydrogen) atoms. The van der Waals surface area contributed by atoms with Crippen molar-refractivity contribution < 1.29 is 14.3 Å². The fraction of sp³-hybridized carbons (Fsp3) is 0.150. The number of esters is 1. The van der Waals surface area contributed by atoms with Crippen LogP contribution in [0.25, 0.3) is 5.70 Å². The average Bonchev–Trinajstić information content (AvgIpc) is 3.21. The molecule has 1 aliphatic heterocycles. The van der Waals surface area contributed by atoms with Crippen molar-refractivity contribution in [3.63, 3.8) is 0 Å². The first-order valence-corrected chi connectivity index (χ1v) is 8.41. The molecule has 1 aromatic heterocycles. The molecule has 0 amide bonds. The molecule has 0 radical (unpaired) electrons. The van der Waals surface area contributed by atoms with Crippen LogP contribution in [-0.2, 0) is 9.53 Å². The van der Waals surface area contributed by atoms with E-state index in [-0.39, 0.29) is 0 Å². The zero-order valence-electron chi connectivity index (χ0n) is 14.9. The van der Waals surface area contributed by atoms with Gasteiger partial charge in [0.2, 0.25) is 5.95 Å². The Kier molecular flexibility index (Phi) is 4.33. The van der Waals surface area contributed by atoms with Gasteiger partial charge in [-0.05, 0) is 23.3 Å². The number of benzene rings is 2. The molecule has 4 rings (SSSR count). The first-order chi connectivity index (χ1) is 13.2. The third-order valence-corrected chi connectivity index (χ3v) is 4.50. The highest BCUT2D eigenvalue weighted by Crippen LogP contribution is 2.38. The summed E-state index contributed by atoms with van der Waals surface area (Å²) in [6, 6.07) is 16.7. The zero-order valence-corrected chi connectivity index (χ0v) is 14.9. The average molecular weight is 362 g/mol. The molecule has 0 aliphatic carbocycles. The van der Waals surface area contributed by atoms with E-state index in [1.807, 2.05) is 54.6 Å². The number of methoxy groups -OCH3 is 2. The third kappa shape index (κ3) is 2.93. The van der Waals surface area contributed by atoms with E-state index in [4.69, 9.17) is 9.47 Å². The molecule has 136 valence electrons. The van der Waals surface area contributed by atoms with Crippen LogP contribution in [0.4, 0.5) is 5.95 Å². The molecule has 0 saturated carbocycles. The largest absolute Gasteiger partial charge is 0.497 e. The summed E-state index contributed by atoms with van der Waals surface area (Å²) in [5.41, 5.74) is 2.86. The summed E-state index contributed by atoms with van der Waals surface area (Å²) >= 11 is 0. The highest BCUT2D eigenvalue weighted by atomic mass is 16.5. The van der Waals surface area contributed by atoms with E-state index in [2.05, 4.69) is 15.4 Å². The molecular weight excluding hydrogens is 344 g/mol. The van der Waals surface area contributed by atoms with Gasteiger partial charge in [0.05, 0.1) is 25.5 Å². The molecule has 1 unspecified atom stereocenters. The summed E-state index contributed by atoms with van der Waals surface area (Å²) in [5.74, 6) is 0.865. The van der Waals surface area contributed by atoms with Crippen LogP contribution in [0.15, 0.2) is 66.5 Å². The van der Waals surface area contributed by atoms with Crippen LogP contribution in [0.1, 0.15) is 17.2 Å². The maximum atomic E-state index is 12.8. The molecule has 0 fully saturated rings. The lowest BCUT2D eigenvalue weighted by atomic mass is 9.93. The minimum Gasteiger partial charge on any atom is -0.497 e. The molecule has 1 N–H and O–H groups in total. The highest BCUT2D eigenvalue weighted by molar-refractivity contribution is 6.02. The van der Waals surface area contributed by atoms with E-state index in [0.29, 0.717) is 17.2 Å². The van der Waals surface area contributed by atoms with Crippen LogP contribution in [-0.4, -0.2) is 35.0 Å². The van der Waals surface area contributed by atoms with E-state index in [1.54, 1.807) is 11.8 Å². The lowest BCUT2D eigenvalue weighted by molar-refractivity contribution is -0.136. The second-order valence-electron chi connectivity index (χ2n) is 5.98. The predicted octanol–water partition coefficient (Wildman–Crippen LogP) is 2.89. The molecule has 2 heterocycles. The number of ether oxygens (including phenoxy) is 2. The Morgan fingerprint density at radius 3 is 2.48 bits per heavy atom. The Morgan fingerprint density at radius 1 is 1.07 bits per heavy atom. The van der Waals surface area contributed by atoms with Crippen LogP contribution >= 0.6 is 0 Å². The number of anilines is 1. The normalized spacial score (nSPS) is 15.7. The van der Waals surface area contributed by atoms with Crippen LogP contribution in [0.2, 0.25) is 0 Å². The van der Waals surface area contributed by atoms with Crippen LogP contribution in [0.3, 0.4) is 0 Å². The number of hydrogen-bond donors (Lipinski definition) is 1. The monoisotopic (exact) mass is 362 g/mol. The minimum atomic E-state index is -0.475. The number of hydrogen-bond acceptors (Lipinski definition) is 6. The van der Waals surface area contributed by atoms with Gasteiger partial charge in [-0.1, -0.05) is 42.5 Å². The number of fused-ring (bicyclic) bond motifs is 1. The van der Waals surface area contributed by atoms with E-state index < -0.39 is 12.0 Å². The van der Waals surface area contributed by atoms with Gasteiger partial charge in [0.25, 0.3) is 0 Å². The molecule has 7 nitrogen and oxygen atoms in total. The highest BCUT2D eigenvalue weighted by Gasteiger charge is 2.35. The first kappa shape index (κ1) is 16.8. The van der Waals surface area contributed by atoms with Gasteiger partial charge in [-0.3, -0.25) is 0 Å². The summed E-state index contributed by atoms with van der Waals surface area (Å²) in [7, 11) is 2.99. The smallest absolute Gasteiger partial charge is 0.338 e. The zero-order chi connectivity index (χ0) is 18.8. The summed E-state index contributed by atoms with van der Waals surface area (Å²) in [6.07, 6.45) is 1.46. The van der Waals surface area contributed by atoms with Crippen LogP contribution < -0.4 is 10.1 Å². The Labute approximate surface area is 156 Å². The van der Waals surface area contributed by atoms with Crippen molar-refractivity contribution in [2.75, 3.05) is 19.5 Å². The van der Waals surface area contributed by atoms with Crippen molar-refractivity contribution in [3.05, 3.63) is 77.6 Å². The molecule has 1 atom stereocenters. The Morgan fingerprint density at radius 2 is 1.81 bits per heavy atom. The number of carbonyl (C=O) groups is 1. The molecule has 0 spiro atoms. The van der Waals surface area contributed by atoms with Gasteiger partial charge in [-0.25, -0.2) is 9.48 Å². The number of nitrogens with zero attached hydrogens (tertiary/aromatic N) is 3. The van der Waals surface area contributed by atoms with Gasteiger partial charge in [-0.15, -0.1) is 0 Å². The SMILES string of the molecule is COC(=O)C1=C(c2ccccc2)Nc2ncnn2C1c1ccc(OC)cc1. The number of aromatic nitrogens is 3. The molecule has 3 aromatic rings. The van der Waals surface area contributed by atoms with Crippen molar-refractivity contribution in [2.45, 2.75) is 6.04 Å². The lowest BCUT2D eigenvalue weighted by Crippen LogP contribution is -2.29. The Hall–Kier alpha value is -3.61. The quantitative estimate of drug-likeness (QED) is 0.719. The molecular formula is C20H18N4O3. The summed E-state index contributed by atoms with van der Waals surface area (Å²) < 4.78 is 12.0. The second-order valence-corrected chi connectivity index (χ2v) is 5.98. The van der Waals surface area contributed by atoms with E-state index in [0.717, 1.165) is 16.9 Å². The third-order valence-electron chi connectivity index (χ3n) is 4.50. The molecule has 0 saturated heterocycles. The molecule has 1 aliphatic rings. The van der Waals surface area contributed by atoms with E-state index in [1.165, 1.54) is 13.4 Å². The minimum absolute atomic E-state index is 0.427. The van der Waals surface area contributed by atoms with Crippen molar-refractivity contribution in [2.24, 2.45) is 0 Å². The van der Waals surface area contributed by atoms with Crippen LogP contribution in [0.5, 0.6) is 5.75 Å². The standard InChI is InChI=1S/C20H18N4O3/c1-26-15-10-8-14(9-11-15)18-16(19(25)27-2)17(13-6-4-3-5-7-13)23-20-21-12-22-24(18)20/h3-12,18H,1-2H3,(H,21,22,23). The van der Waals surface area contributed by atoms with Crippen molar-refractivity contribution in [3.8, 4) is 5.75 Å². The van der Waals surface area contributed by atoms with Gasteiger partial charge in [-0.2, -0.15) is 10.1 Å². The van der Waals surface area contributed by atoms with E-state index in [9.17, 15) is 4.79 Å². The maximum absolute atomic E-state index is 12.8. The van der Waals surface area contributed by atoms with Gasteiger partial charge in [0.15, 0.2) is 0 Å². The van der Waals surface area contributed by atoms with Gasteiger partial charge in [0.1, 0.15) is 18.1 Å². The Balaban J connectivity index is 1.94. The summed E-state index contributed by atoms with van der Waals surface area (Å²) in [5, 5.41) is 7.55. The second kappa shape index (κ2) is 6.95. The van der Waals surface area contributed by atoms with Crippen molar-refractivity contribution in [1.82, 2.24) is 14.8 Å². The maximum Gasteiger partial charge on any atom is 0.338 e. The number of carbonyl (C=O) groups excluding carboxylic acids is 1. The molecule has 0 bridgehead atoms. The topological polar surface area (TPSA) is 78.3 Å². The fourth-order valence-electron chi connectivity index (χ4n) is 3.22. The van der Waals surface area contributed by atoms with Gasteiger partial charge in [0, 0.05) is 0 Å². The van der Waals surface area contributed by atoms with Crippen molar-refractivity contribution >= 4 is 17.6 Å². The predicted molar refractivity (Wildman–Crippen MR) is 100 cm³/mol. The van der Waals surface area contributed by atoms with Crippen molar-refractivity contribution in [1.29, 1.82) is 0 Å². The lowest BCUT2D eigenvalue weighted by Gasteiger charge is -2.29. The molecule has 7 heteroatoms. The van der Waals surface area contributed by atoms with Gasteiger partial charge < -0.3 is 14.8 Å². The summed E-state index contributed by atoms with van der Waals surface area (Å²) in [6.45, 7) is 0. The fourth-order valence-corrected chi connectivity index (χ4v) is 3.22. The van der Waals surface area contributed by atoms with Gasteiger partial charge >= 0.3 is 5.97 Å². The summed E-state index contributed by atoms with van der Waals surface area (Å²) in [4.78, 5) is 17.1. The number of nitrogens with one attached hydrogen (secondary N) is 1. The molecule has 2 aromatic carbocycles. The number of rotatable bonds is 4. The first-order valence-electron chi connectivity index (χ1n) is 8.41.